The van der Waals surface area contributed by atoms with Gasteiger partial charge in [0.2, 0.25) is 5.91 Å². The Kier molecular flexibility index (Phi) is 7.07. The average molecular weight is 441 g/mol. The van der Waals surface area contributed by atoms with E-state index >= 15 is 0 Å². The molecule has 28 heavy (non-hydrogen) atoms. The van der Waals surface area contributed by atoms with Gasteiger partial charge in [0, 0.05) is 36.3 Å². The molecule has 1 amide bonds. The fourth-order valence-electron chi connectivity index (χ4n) is 3.46. The summed E-state index contributed by atoms with van der Waals surface area (Å²) in [5, 5.41) is 12.0. The first kappa shape index (κ1) is 20.4. The van der Waals surface area contributed by atoms with Gasteiger partial charge in [-0.3, -0.25) is 9.69 Å². The highest BCUT2D eigenvalue weighted by molar-refractivity contribution is 9.10. The number of benzene rings is 2. The van der Waals surface area contributed by atoms with E-state index in [9.17, 15) is 4.79 Å². The molecule has 1 fully saturated rings. The average Bonchev–Trinajstić information content (AvgIpc) is 2.94. The van der Waals surface area contributed by atoms with Gasteiger partial charge in [-0.25, -0.2) is 0 Å². The van der Waals surface area contributed by atoms with E-state index in [0.29, 0.717) is 12.1 Å². The van der Waals surface area contributed by atoms with Gasteiger partial charge in [-0.2, -0.15) is 5.26 Å². The lowest BCUT2D eigenvalue weighted by atomic mass is 10.1. The van der Waals surface area contributed by atoms with Crippen LogP contribution in [0.2, 0.25) is 0 Å². The molecular formula is C22H25BrN4O. The number of anilines is 1. The van der Waals surface area contributed by atoms with Crippen molar-refractivity contribution >= 4 is 27.5 Å². The Labute approximate surface area is 175 Å². The largest absolute Gasteiger partial charge is 0.370 e. The van der Waals surface area contributed by atoms with E-state index in [1.807, 2.05) is 55.5 Å². The van der Waals surface area contributed by atoms with Crippen LogP contribution in [0.1, 0.15) is 30.5 Å². The van der Waals surface area contributed by atoms with Crippen molar-refractivity contribution in [1.29, 1.82) is 5.26 Å². The number of amides is 1. The fraction of sp³-hybridized carbons (Fsp3) is 0.364. The molecule has 3 rings (SSSR count). The Morgan fingerprint density at radius 3 is 2.50 bits per heavy atom. The highest BCUT2D eigenvalue weighted by Crippen LogP contribution is 2.18. The van der Waals surface area contributed by atoms with Crippen LogP contribution in [0.5, 0.6) is 0 Å². The minimum absolute atomic E-state index is 0.0114. The molecule has 1 saturated heterocycles. The van der Waals surface area contributed by atoms with Crippen LogP contribution < -0.4 is 10.2 Å². The van der Waals surface area contributed by atoms with E-state index < -0.39 is 0 Å². The molecule has 0 radical (unpaired) electrons. The van der Waals surface area contributed by atoms with Gasteiger partial charge in [0.25, 0.3) is 0 Å². The summed E-state index contributed by atoms with van der Waals surface area (Å²) < 4.78 is 1.03. The third-order valence-electron chi connectivity index (χ3n) is 5.06. The fourth-order valence-corrected chi connectivity index (χ4v) is 3.72. The Morgan fingerprint density at radius 1 is 1.11 bits per heavy atom. The first-order valence-corrected chi connectivity index (χ1v) is 10.4. The second-order valence-corrected chi connectivity index (χ2v) is 8.03. The lowest BCUT2D eigenvalue weighted by Crippen LogP contribution is -2.40. The van der Waals surface area contributed by atoms with Gasteiger partial charge in [0.05, 0.1) is 24.2 Å². The highest BCUT2D eigenvalue weighted by atomic mass is 79.9. The first-order valence-electron chi connectivity index (χ1n) is 9.57. The monoisotopic (exact) mass is 440 g/mol. The molecule has 2 aromatic rings. The van der Waals surface area contributed by atoms with E-state index in [0.717, 1.165) is 48.3 Å². The topological polar surface area (TPSA) is 59.4 Å². The molecular weight excluding hydrogens is 416 g/mol. The Bertz CT molecular complexity index is 829. The number of nitrogens with zero attached hydrogens (tertiary/aromatic N) is 3. The zero-order chi connectivity index (χ0) is 19.9. The quantitative estimate of drug-likeness (QED) is 0.769. The van der Waals surface area contributed by atoms with Gasteiger partial charge in [-0.15, -0.1) is 0 Å². The summed E-state index contributed by atoms with van der Waals surface area (Å²) in [6.07, 6.45) is 1.01. The van der Waals surface area contributed by atoms with Crippen molar-refractivity contribution in [3.63, 3.8) is 0 Å². The number of nitriles is 1. The lowest BCUT2D eigenvalue weighted by molar-refractivity contribution is -0.122. The van der Waals surface area contributed by atoms with Crippen LogP contribution in [0.4, 0.5) is 5.69 Å². The predicted octanol–water partition coefficient (Wildman–Crippen LogP) is 3.71. The van der Waals surface area contributed by atoms with Gasteiger partial charge in [0.1, 0.15) is 0 Å². The molecule has 0 aliphatic carbocycles. The Balaban J connectivity index is 1.50. The summed E-state index contributed by atoms with van der Waals surface area (Å²) >= 11 is 3.44. The Morgan fingerprint density at radius 2 is 1.82 bits per heavy atom. The second-order valence-electron chi connectivity index (χ2n) is 7.12. The van der Waals surface area contributed by atoms with Crippen LogP contribution in [0, 0.1) is 11.3 Å². The lowest BCUT2D eigenvalue weighted by Gasteiger charge is -2.24. The van der Waals surface area contributed by atoms with Crippen LogP contribution >= 0.6 is 15.9 Å². The molecule has 0 bridgehead atoms. The van der Waals surface area contributed by atoms with E-state index in [1.165, 1.54) is 0 Å². The van der Waals surface area contributed by atoms with Crippen molar-refractivity contribution in [1.82, 2.24) is 10.2 Å². The van der Waals surface area contributed by atoms with Crippen LogP contribution in [-0.2, 0) is 4.79 Å². The zero-order valence-corrected chi connectivity index (χ0v) is 17.7. The molecule has 0 aromatic heterocycles. The maximum absolute atomic E-state index is 12.5. The second kappa shape index (κ2) is 9.72. The predicted molar refractivity (Wildman–Crippen MR) is 115 cm³/mol. The van der Waals surface area contributed by atoms with E-state index in [4.69, 9.17) is 5.26 Å². The van der Waals surface area contributed by atoms with Gasteiger partial charge in [0.15, 0.2) is 0 Å². The number of carbonyl (C=O) groups excluding carboxylic acids is 1. The molecule has 5 nitrogen and oxygen atoms in total. The minimum atomic E-state index is -0.0114. The molecule has 1 aliphatic rings. The molecule has 1 N–H and O–H groups in total. The van der Waals surface area contributed by atoms with Crippen molar-refractivity contribution in [2.45, 2.75) is 19.4 Å². The molecule has 146 valence electrons. The number of rotatable bonds is 5. The zero-order valence-electron chi connectivity index (χ0n) is 16.1. The van der Waals surface area contributed by atoms with Crippen LogP contribution in [0.3, 0.4) is 0 Å². The van der Waals surface area contributed by atoms with Gasteiger partial charge < -0.3 is 10.2 Å². The maximum atomic E-state index is 12.5. The first-order chi connectivity index (χ1) is 13.5. The Hall–Kier alpha value is -2.36. The number of carbonyl (C=O) groups is 1. The van der Waals surface area contributed by atoms with E-state index in [2.05, 4.69) is 37.1 Å². The SMILES string of the molecule is CC(NC(=O)CN1CCCN(c2ccc(C#N)cc2)CC1)c1ccc(Br)cc1. The van der Waals surface area contributed by atoms with E-state index in [1.54, 1.807) is 0 Å². The molecule has 2 aromatic carbocycles. The van der Waals surface area contributed by atoms with Crippen molar-refractivity contribution in [3.05, 3.63) is 64.1 Å². The molecule has 1 atom stereocenters. The standard InChI is InChI=1S/C22H25BrN4O/c1-17(19-5-7-20(23)8-6-19)25-22(28)16-26-11-2-12-27(14-13-26)21-9-3-18(15-24)4-10-21/h3-10,17H,2,11-14,16H2,1H3,(H,25,28). The molecule has 0 spiro atoms. The van der Waals surface area contributed by atoms with Gasteiger partial charge in [-0.1, -0.05) is 28.1 Å². The number of hydrogen-bond donors (Lipinski definition) is 1. The molecule has 1 aliphatic heterocycles. The van der Waals surface area contributed by atoms with Gasteiger partial charge in [-0.05, 0) is 55.3 Å². The van der Waals surface area contributed by atoms with Crippen molar-refractivity contribution in [2.24, 2.45) is 0 Å². The third-order valence-corrected chi connectivity index (χ3v) is 5.59. The van der Waals surface area contributed by atoms with Crippen LogP contribution in [0.25, 0.3) is 0 Å². The number of nitrogens with one attached hydrogen (secondary N) is 1. The summed E-state index contributed by atoms with van der Waals surface area (Å²) in [5.41, 5.74) is 2.91. The minimum Gasteiger partial charge on any atom is -0.370 e. The van der Waals surface area contributed by atoms with Crippen molar-refractivity contribution < 1.29 is 4.79 Å². The molecule has 1 unspecified atom stereocenters. The maximum Gasteiger partial charge on any atom is 0.234 e. The summed E-state index contributed by atoms with van der Waals surface area (Å²) in [6.45, 7) is 6.02. The highest BCUT2D eigenvalue weighted by Gasteiger charge is 2.18. The van der Waals surface area contributed by atoms with Crippen molar-refractivity contribution in [2.75, 3.05) is 37.6 Å². The van der Waals surface area contributed by atoms with Crippen molar-refractivity contribution in [3.8, 4) is 6.07 Å². The normalized spacial score (nSPS) is 16.1. The summed E-state index contributed by atoms with van der Waals surface area (Å²) in [5.74, 6) is 0.0576. The smallest absolute Gasteiger partial charge is 0.234 e. The summed E-state index contributed by atoms with van der Waals surface area (Å²) in [6, 6.07) is 17.9. The number of halogens is 1. The molecule has 6 heteroatoms. The van der Waals surface area contributed by atoms with Crippen LogP contribution in [0.15, 0.2) is 53.0 Å². The molecule has 0 saturated carbocycles. The molecule has 1 heterocycles. The van der Waals surface area contributed by atoms with E-state index in [-0.39, 0.29) is 11.9 Å². The third kappa shape index (κ3) is 5.57. The number of hydrogen-bond acceptors (Lipinski definition) is 4. The summed E-state index contributed by atoms with van der Waals surface area (Å²) in [7, 11) is 0. The summed E-state index contributed by atoms with van der Waals surface area (Å²) in [4.78, 5) is 17.0. The van der Waals surface area contributed by atoms with Crippen LogP contribution in [-0.4, -0.2) is 43.5 Å². The van der Waals surface area contributed by atoms with Gasteiger partial charge >= 0.3 is 0 Å².